The molecule has 0 saturated carbocycles. The van der Waals surface area contributed by atoms with Crippen LogP contribution < -0.4 is 10.6 Å². The van der Waals surface area contributed by atoms with E-state index in [2.05, 4.69) is 80.8 Å². The molecule has 0 spiro atoms. The summed E-state index contributed by atoms with van der Waals surface area (Å²) in [7, 11) is 0. The lowest BCUT2D eigenvalue weighted by molar-refractivity contribution is 0.430. The molecule has 0 amide bonds. The van der Waals surface area contributed by atoms with Gasteiger partial charge in [0.2, 0.25) is 0 Å². The van der Waals surface area contributed by atoms with Crippen LogP contribution in [0.15, 0.2) is 85.3 Å². The quantitative estimate of drug-likeness (QED) is 0.466. The molecule has 2 aromatic carbocycles. The van der Waals surface area contributed by atoms with Crippen LogP contribution in [0.5, 0.6) is 0 Å². The van der Waals surface area contributed by atoms with E-state index in [0.717, 1.165) is 47.4 Å². The van der Waals surface area contributed by atoms with Crippen LogP contribution in [0, 0.1) is 0 Å². The Bertz CT molecular complexity index is 1360. The molecule has 5 heteroatoms. The highest BCUT2D eigenvalue weighted by molar-refractivity contribution is 5.94. The minimum atomic E-state index is 0.385. The number of nitrogens with one attached hydrogen (secondary N) is 2. The van der Waals surface area contributed by atoms with Gasteiger partial charge in [0.1, 0.15) is 5.65 Å². The maximum Gasteiger partial charge on any atom is 0.137 e. The van der Waals surface area contributed by atoms with Crippen molar-refractivity contribution < 1.29 is 0 Å². The summed E-state index contributed by atoms with van der Waals surface area (Å²) in [5, 5.41) is 8.15. The molecule has 6 rings (SSSR count). The number of hydrogen-bond acceptors (Lipinski definition) is 4. The fraction of sp³-hybridized carbons (Fsp3) is 0.154. The van der Waals surface area contributed by atoms with Crippen molar-refractivity contribution in [1.82, 2.24) is 25.0 Å². The Balaban J connectivity index is 1.36. The smallest absolute Gasteiger partial charge is 0.137 e. The van der Waals surface area contributed by atoms with Crippen LogP contribution in [0.1, 0.15) is 11.6 Å². The molecule has 0 aliphatic carbocycles. The van der Waals surface area contributed by atoms with Crippen molar-refractivity contribution in [1.29, 1.82) is 0 Å². The molecule has 2 N–H and O–H groups in total. The highest BCUT2D eigenvalue weighted by atomic mass is 15.1. The Kier molecular flexibility index (Phi) is 4.48. The molecule has 1 atom stereocenters. The van der Waals surface area contributed by atoms with Crippen molar-refractivity contribution in [3.8, 4) is 22.4 Å². The maximum atomic E-state index is 4.70. The third-order valence-electron chi connectivity index (χ3n) is 6.12. The summed E-state index contributed by atoms with van der Waals surface area (Å²) in [6, 6.07) is 23.9. The number of benzene rings is 2. The van der Waals surface area contributed by atoms with E-state index in [1.54, 1.807) is 0 Å². The fourth-order valence-electron chi connectivity index (χ4n) is 4.48. The average Bonchev–Trinajstić information content (AvgIpc) is 3.27. The lowest BCUT2D eigenvalue weighted by Crippen LogP contribution is -2.42. The van der Waals surface area contributed by atoms with Crippen LogP contribution in [-0.4, -0.2) is 34.0 Å². The van der Waals surface area contributed by atoms with Crippen molar-refractivity contribution >= 4 is 16.6 Å². The molecule has 5 nitrogen and oxygen atoms in total. The Morgan fingerprint density at radius 1 is 0.871 bits per heavy atom. The molecule has 5 aromatic rings. The molecule has 0 radical (unpaired) electrons. The third-order valence-corrected chi connectivity index (χ3v) is 6.12. The first-order valence-corrected chi connectivity index (χ1v) is 10.7. The van der Waals surface area contributed by atoms with Crippen LogP contribution in [0.3, 0.4) is 0 Å². The zero-order chi connectivity index (χ0) is 20.6. The summed E-state index contributed by atoms with van der Waals surface area (Å²) < 4.78 is 2.15. The molecule has 1 fully saturated rings. The number of hydrogen-bond donors (Lipinski definition) is 2. The van der Waals surface area contributed by atoms with Crippen LogP contribution >= 0.6 is 0 Å². The minimum absolute atomic E-state index is 0.385. The molecule has 4 heterocycles. The van der Waals surface area contributed by atoms with Gasteiger partial charge in [0.25, 0.3) is 0 Å². The maximum absolute atomic E-state index is 4.70. The summed E-state index contributed by atoms with van der Waals surface area (Å²) in [6.07, 6.45) is 5.90. The van der Waals surface area contributed by atoms with Crippen LogP contribution in [-0.2, 0) is 0 Å². The molecule has 1 aliphatic heterocycles. The Morgan fingerprint density at radius 2 is 1.81 bits per heavy atom. The second kappa shape index (κ2) is 7.61. The van der Waals surface area contributed by atoms with Crippen LogP contribution in [0.25, 0.3) is 38.9 Å². The van der Waals surface area contributed by atoms with Gasteiger partial charge in [-0.15, -0.1) is 0 Å². The summed E-state index contributed by atoms with van der Waals surface area (Å²) in [6.45, 7) is 3.03. The van der Waals surface area contributed by atoms with E-state index in [0.29, 0.717) is 6.04 Å². The lowest BCUT2D eigenvalue weighted by Gasteiger charge is -2.25. The number of rotatable bonds is 3. The summed E-state index contributed by atoms with van der Waals surface area (Å²) >= 11 is 0. The molecule has 31 heavy (non-hydrogen) atoms. The average molecular weight is 406 g/mol. The first-order valence-electron chi connectivity index (χ1n) is 10.7. The van der Waals surface area contributed by atoms with Gasteiger partial charge in [-0.05, 0) is 41.0 Å². The van der Waals surface area contributed by atoms with Gasteiger partial charge < -0.3 is 10.6 Å². The minimum Gasteiger partial charge on any atom is -0.314 e. The van der Waals surface area contributed by atoms with E-state index < -0.39 is 0 Å². The zero-order valence-corrected chi connectivity index (χ0v) is 17.1. The normalized spacial score (nSPS) is 16.7. The predicted molar refractivity (Wildman–Crippen MR) is 125 cm³/mol. The number of aromatic nitrogens is 3. The van der Waals surface area contributed by atoms with Crippen molar-refractivity contribution in [2.24, 2.45) is 0 Å². The van der Waals surface area contributed by atoms with Crippen LogP contribution in [0.4, 0.5) is 0 Å². The van der Waals surface area contributed by atoms with Crippen molar-refractivity contribution in [2.45, 2.75) is 6.04 Å². The van der Waals surface area contributed by atoms with Gasteiger partial charge in [-0.25, -0.2) is 4.98 Å². The van der Waals surface area contributed by atoms with E-state index >= 15 is 0 Å². The number of nitrogens with zero attached hydrogens (tertiary/aromatic N) is 3. The molecule has 1 unspecified atom stereocenters. The van der Waals surface area contributed by atoms with E-state index in [4.69, 9.17) is 4.98 Å². The van der Waals surface area contributed by atoms with E-state index in [1.165, 1.54) is 16.7 Å². The van der Waals surface area contributed by atoms with Gasteiger partial charge in [0.15, 0.2) is 0 Å². The first-order chi connectivity index (χ1) is 15.4. The standard InChI is InChI=1S/C26H23N5/c1-3-22(21-4-2-11-28-23(21)5-1)25-17-30-26-15-20(10-14-31(25)26)18-6-8-19(9-7-18)24-16-27-12-13-29-24/h1-11,14-15,17,24,27,29H,12-13,16H2. The number of fused-ring (bicyclic) bond motifs is 2. The molecule has 1 saturated heterocycles. The van der Waals surface area contributed by atoms with Gasteiger partial charge in [-0.3, -0.25) is 9.38 Å². The van der Waals surface area contributed by atoms with Crippen molar-refractivity contribution in [3.63, 3.8) is 0 Å². The SMILES string of the molecule is c1cc(-c2cnc3cc(-c4ccc(C5CNCCN5)cc4)ccn23)c2cccnc2c1. The molecule has 1 aliphatic rings. The Hall–Kier alpha value is -3.54. The molecular formula is C26H23N5. The van der Waals surface area contributed by atoms with Gasteiger partial charge in [-0.1, -0.05) is 42.5 Å². The number of imidazole rings is 1. The summed E-state index contributed by atoms with van der Waals surface area (Å²) in [4.78, 5) is 9.19. The Labute approximate surface area is 180 Å². The third kappa shape index (κ3) is 3.28. The van der Waals surface area contributed by atoms with E-state index in [-0.39, 0.29) is 0 Å². The molecular weight excluding hydrogens is 382 g/mol. The predicted octanol–water partition coefficient (Wildman–Crippen LogP) is 4.45. The monoisotopic (exact) mass is 405 g/mol. The van der Waals surface area contributed by atoms with Crippen molar-refractivity contribution in [3.05, 3.63) is 90.9 Å². The highest BCUT2D eigenvalue weighted by Gasteiger charge is 2.14. The Morgan fingerprint density at radius 3 is 2.68 bits per heavy atom. The molecule has 152 valence electrons. The number of piperazine rings is 1. The van der Waals surface area contributed by atoms with Gasteiger partial charge in [-0.2, -0.15) is 0 Å². The van der Waals surface area contributed by atoms with Crippen molar-refractivity contribution in [2.75, 3.05) is 19.6 Å². The largest absolute Gasteiger partial charge is 0.314 e. The van der Waals surface area contributed by atoms with E-state index in [1.807, 2.05) is 24.5 Å². The highest BCUT2D eigenvalue weighted by Crippen LogP contribution is 2.30. The van der Waals surface area contributed by atoms with Gasteiger partial charge in [0, 0.05) is 49.0 Å². The summed E-state index contributed by atoms with van der Waals surface area (Å²) in [5.41, 5.74) is 7.85. The van der Waals surface area contributed by atoms with E-state index in [9.17, 15) is 0 Å². The lowest BCUT2D eigenvalue weighted by atomic mass is 10.0. The molecule has 3 aromatic heterocycles. The zero-order valence-electron chi connectivity index (χ0n) is 17.1. The molecule has 0 bridgehead atoms. The van der Waals surface area contributed by atoms with Gasteiger partial charge in [0.05, 0.1) is 17.4 Å². The second-order valence-corrected chi connectivity index (χ2v) is 8.00. The second-order valence-electron chi connectivity index (χ2n) is 8.00. The fourth-order valence-corrected chi connectivity index (χ4v) is 4.48. The van der Waals surface area contributed by atoms with Crippen LogP contribution in [0.2, 0.25) is 0 Å². The summed E-state index contributed by atoms with van der Waals surface area (Å²) in [5.74, 6) is 0. The first kappa shape index (κ1) is 18.2. The topological polar surface area (TPSA) is 54.2 Å². The van der Waals surface area contributed by atoms with Gasteiger partial charge >= 0.3 is 0 Å². The number of pyridine rings is 2.